The summed E-state index contributed by atoms with van der Waals surface area (Å²) >= 11 is 0. The quantitative estimate of drug-likeness (QED) is 0.393. The molecule has 0 aliphatic rings. The van der Waals surface area contributed by atoms with Gasteiger partial charge in [0.1, 0.15) is 5.76 Å². The average Bonchev–Trinajstić information content (AvgIpc) is 1.68. The minimum absolute atomic E-state index is 0.322. The van der Waals surface area contributed by atoms with Gasteiger partial charge in [-0.1, -0.05) is 6.08 Å². The molecule has 0 aromatic rings. The van der Waals surface area contributed by atoms with E-state index in [0.717, 1.165) is 0 Å². The zero-order valence-corrected chi connectivity index (χ0v) is 4.68. The Hall–Kier alpha value is -0.720. The molecule has 0 aliphatic heterocycles. The number of rotatable bonds is 1. The lowest BCUT2D eigenvalue weighted by molar-refractivity contribution is 0.431. The van der Waals surface area contributed by atoms with Crippen molar-refractivity contribution in [2.24, 2.45) is 0 Å². The Bertz CT molecular complexity index is 90.4. The third-order valence-corrected chi connectivity index (χ3v) is 0.633. The Kier molecular flexibility index (Phi) is 3.11. The fourth-order valence-corrected chi connectivity index (χ4v) is 0.267. The summed E-state index contributed by atoms with van der Waals surface area (Å²) < 4.78 is 0. The number of hydrogen-bond donors (Lipinski definition) is 1. The zero-order chi connectivity index (χ0) is 5.70. The molecule has 0 unspecified atom stereocenters. The highest BCUT2D eigenvalue weighted by Gasteiger charge is 1.72. The molecular weight excluding hydrogens is 88.1 g/mol. The van der Waals surface area contributed by atoms with Crippen LogP contribution in [0.25, 0.3) is 0 Å². The first-order valence-electron chi connectivity index (χ1n) is 2.29. The normalized spacial score (nSPS) is 13.1. The van der Waals surface area contributed by atoms with E-state index in [-0.39, 0.29) is 0 Å². The maximum atomic E-state index is 8.63. The standard InChI is InChI=1S/C6H10O/c1-3-5-6(7)4-2/h3-5,7H,1-2H3. The van der Waals surface area contributed by atoms with E-state index < -0.39 is 0 Å². The molecule has 0 aliphatic carbocycles. The van der Waals surface area contributed by atoms with E-state index >= 15 is 0 Å². The zero-order valence-electron chi connectivity index (χ0n) is 4.68. The van der Waals surface area contributed by atoms with Crippen molar-refractivity contribution in [3.63, 3.8) is 0 Å². The van der Waals surface area contributed by atoms with Gasteiger partial charge < -0.3 is 5.11 Å². The lowest BCUT2D eigenvalue weighted by Crippen LogP contribution is -1.67. The molecule has 0 aromatic heterocycles. The predicted molar refractivity (Wildman–Crippen MR) is 31.2 cm³/mol. The lowest BCUT2D eigenvalue weighted by atomic mass is 10.4. The van der Waals surface area contributed by atoms with Crippen LogP contribution in [-0.2, 0) is 0 Å². The van der Waals surface area contributed by atoms with Gasteiger partial charge in [-0.25, -0.2) is 0 Å². The highest BCUT2D eigenvalue weighted by Crippen LogP contribution is 1.86. The number of hydrogen-bond acceptors (Lipinski definition) is 1. The molecule has 0 spiro atoms. The number of aliphatic hydroxyl groups excluding tert-OH is 1. The van der Waals surface area contributed by atoms with Crippen molar-refractivity contribution in [1.82, 2.24) is 0 Å². The van der Waals surface area contributed by atoms with Gasteiger partial charge in [-0.3, -0.25) is 0 Å². The first-order chi connectivity index (χ1) is 3.31. The Morgan fingerprint density at radius 2 is 2.00 bits per heavy atom. The molecule has 0 saturated carbocycles. The number of aliphatic hydroxyl groups is 1. The molecule has 0 rings (SSSR count). The minimum atomic E-state index is 0.322. The molecule has 0 amide bonds. The predicted octanol–water partition coefficient (Wildman–Crippen LogP) is 2.02. The molecule has 40 valence electrons. The Morgan fingerprint density at radius 3 is 2.14 bits per heavy atom. The Labute approximate surface area is 44.0 Å². The molecule has 0 fully saturated rings. The van der Waals surface area contributed by atoms with Crippen LogP contribution in [0.1, 0.15) is 13.8 Å². The molecule has 1 heteroatoms. The van der Waals surface area contributed by atoms with Crippen LogP contribution in [0, 0.1) is 0 Å². The van der Waals surface area contributed by atoms with Crippen molar-refractivity contribution in [2.75, 3.05) is 0 Å². The molecular formula is C6H10O. The third kappa shape index (κ3) is 3.10. The van der Waals surface area contributed by atoms with Crippen LogP contribution in [-0.4, -0.2) is 5.11 Å². The fraction of sp³-hybridized carbons (Fsp3) is 0.333. The van der Waals surface area contributed by atoms with Gasteiger partial charge in [-0.05, 0) is 26.0 Å². The second-order valence-corrected chi connectivity index (χ2v) is 1.21. The molecule has 0 bridgehead atoms. The summed E-state index contributed by atoms with van der Waals surface area (Å²) in [5.74, 6) is 0.322. The van der Waals surface area contributed by atoms with Crippen LogP contribution in [0.4, 0.5) is 0 Å². The molecule has 0 radical (unpaired) electrons. The summed E-state index contributed by atoms with van der Waals surface area (Å²) in [6, 6.07) is 0. The molecule has 0 heterocycles. The monoisotopic (exact) mass is 98.1 g/mol. The van der Waals surface area contributed by atoms with Crippen LogP contribution >= 0.6 is 0 Å². The van der Waals surface area contributed by atoms with Gasteiger partial charge in [-0.15, -0.1) is 0 Å². The Morgan fingerprint density at radius 1 is 1.43 bits per heavy atom. The topological polar surface area (TPSA) is 20.2 Å². The van der Waals surface area contributed by atoms with Crippen molar-refractivity contribution in [2.45, 2.75) is 13.8 Å². The smallest absolute Gasteiger partial charge is 0.110 e. The van der Waals surface area contributed by atoms with Crippen LogP contribution in [0.5, 0.6) is 0 Å². The second kappa shape index (κ2) is 3.47. The molecule has 0 aromatic carbocycles. The van der Waals surface area contributed by atoms with Gasteiger partial charge in [0.2, 0.25) is 0 Å². The first kappa shape index (κ1) is 6.28. The maximum Gasteiger partial charge on any atom is 0.110 e. The van der Waals surface area contributed by atoms with Crippen molar-refractivity contribution >= 4 is 0 Å². The summed E-state index contributed by atoms with van der Waals surface area (Å²) in [6.07, 6.45) is 5.06. The molecule has 7 heavy (non-hydrogen) atoms. The van der Waals surface area contributed by atoms with Gasteiger partial charge in [0.25, 0.3) is 0 Å². The van der Waals surface area contributed by atoms with Crippen LogP contribution < -0.4 is 0 Å². The highest BCUT2D eigenvalue weighted by atomic mass is 16.3. The molecule has 1 nitrogen and oxygen atoms in total. The van der Waals surface area contributed by atoms with Crippen LogP contribution in [0.3, 0.4) is 0 Å². The average molecular weight is 98.1 g/mol. The Balaban J connectivity index is 3.58. The van der Waals surface area contributed by atoms with Crippen LogP contribution in [0.15, 0.2) is 24.0 Å². The van der Waals surface area contributed by atoms with E-state index in [9.17, 15) is 0 Å². The van der Waals surface area contributed by atoms with E-state index in [2.05, 4.69) is 0 Å². The van der Waals surface area contributed by atoms with E-state index in [1.165, 1.54) is 0 Å². The molecule has 1 N–H and O–H groups in total. The number of allylic oxidation sites excluding steroid dienone is 3. The van der Waals surface area contributed by atoms with Crippen molar-refractivity contribution in [3.8, 4) is 0 Å². The van der Waals surface area contributed by atoms with Crippen molar-refractivity contribution in [3.05, 3.63) is 24.0 Å². The largest absolute Gasteiger partial charge is 0.508 e. The summed E-state index contributed by atoms with van der Waals surface area (Å²) in [4.78, 5) is 0. The van der Waals surface area contributed by atoms with E-state index in [4.69, 9.17) is 5.11 Å². The van der Waals surface area contributed by atoms with Crippen LogP contribution in [0.2, 0.25) is 0 Å². The van der Waals surface area contributed by atoms with E-state index in [0.29, 0.717) is 5.76 Å². The lowest BCUT2D eigenvalue weighted by Gasteiger charge is -1.81. The fourth-order valence-electron chi connectivity index (χ4n) is 0.267. The van der Waals surface area contributed by atoms with Gasteiger partial charge in [-0.2, -0.15) is 0 Å². The summed E-state index contributed by atoms with van der Waals surface area (Å²) in [6.45, 7) is 3.65. The highest BCUT2D eigenvalue weighted by molar-refractivity contribution is 5.07. The summed E-state index contributed by atoms with van der Waals surface area (Å²) in [5, 5.41) is 8.63. The van der Waals surface area contributed by atoms with E-state index in [1.54, 1.807) is 25.2 Å². The van der Waals surface area contributed by atoms with Gasteiger partial charge in [0, 0.05) is 0 Å². The summed E-state index contributed by atoms with van der Waals surface area (Å²) in [7, 11) is 0. The SMILES string of the molecule is CC=CC(O)=CC. The van der Waals surface area contributed by atoms with Gasteiger partial charge in [0.15, 0.2) is 0 Å². The van der Waals surface area contributed by atoms with Crippen molar-refractivity contribution < 1.29 is 5.11 Å². The first-order valence-corrected chi connectivity index (χ1v) is 2.29. The molecule has 0 saturated heterocycles. The van der Waals surface area contributed by atoms with Gasteiger partial charge >= 0.3 is 0 Å². The molecule has 0 atom stereocenters. The summed E-state index contributed by atoms with van der Waals surface area (Å²) in [5.41, 5.74) is 0. The second-order valence-electron chi connectivity index (χ2n) is 1.21. The minimum Gasteiger partial charge on any atom is -0.508 e. The van der Waals surface area contributed by atoms with Crippen molar-refractivity contribution in [1.29, 1.82) is 0 Å². The third-order valence-electron chi connectivity index (χ3n) is 0.633. The van der Waals surface area contributed by atoms with E-state index in [1.807, 2.05) is 6.92 Å². The van der Waals surface area contributed by atoms with Gasteiger partial charge in [0.05, 0.1) is 0 Å². The maximum absolute atomic E-state index is 8.63.